The van der Waals surface area contributed by atoms with Gasteiger partial charge in [-0.3, -0.25) is 0 Å². The van der Waals surface area contributed by atoms with Crippen LogP contribution in [0.4, 0.5) is 0 Å². The minimum atomic E-state index is -1.35. The number of aryl methyl sites for hydroxylation is 1. The van der Waals surface area contributed by atoms with Gasteiger partial charge in [0.25, 0.3) is 0 Å². The molecule has 1 aliphatic carbocycles. The van der Waals surface area contributed by atoms with Crippen molar-refractivity contribution < 1.29 is 24.5 Å². The van der Waals surface area contributed by atoms with Crippen LogP contribution in [0, 0.1) is 30.9 Å². The third kappa shape index (κ3) is 8.35. The fraction of sp³-hybridized carbons (Fsp3) is 0.341. The summed E-state index contributed by atoms with van der Waals surface area (Å²) in [5.41, 5.74) is 9.24. The van der Waals surface area contributed by atoms with E-state index in [4.69, 9.17) is 9.40 Å². The standard InChI is InChI=1S/C21H19N2O.C20H26NSi.Ir/c1-13(2)11-15-9-10-22-19(12-15)18-6-4-5-16-17-8-7-14(3)23-21(17)24-20(16)18;1-22(2,3)20-15-21-19(17-11-5-4-6-12-17)14-18(20)13-16-9-7-8-10-16;/h4-5,7-10,12-13H,11H2,1-3H3;4-6,11,14-16H,7-10,13H2,1-3H3;/q2*-1;. The smallest absolute Gasteiger partial charge is 0.216 e. The summed E-state index contributed by atoms with van der Waals surface area (Å²) in [6.45, 7) is 13.7. The summed E-state index contributed by atoms with van der Waals surface area (Å²) in [4.78, 5) is 13.8. The number of rotatable bonds is 7. The molecule has 0 saturated heterocycles. The SMILES string of the molecule is C[Si](C)(C)c1cnc(-c2[c-]cccc2)cc1CC1CCCC1.Cc1ccc2c(n1)oc1c(-c3cc(CC(C)C)ccn3)[c-]ccc12.[Ir]. The summed E-state index contributed by atoms with van der Waals surface area (Å²) in [7, 11) is -1.35. The fourth-order valence-electron chi connectivity index (χ4n) is 6.68. The molecule has 1 fully saturated rings. The molecule has 1 radical (unpaired) electrons. The number of nitrogens with zero attached hydrogens (tertiary/aromatic N) is 3. The molecule has 0 N–H and O–H groups in total. The zero-order chi connectivity index (χ0) is 32.3. The molecule has 4 nitrogen and oxygen atoms in total. The van der Waals surface area contributed by atoms with Crippen molar-refractivity contribution in [2.45, 2.75) is 78.9 Å². The molecule has 47 heavy (non-hydrogen) atoms. The Morgan fingerprint density at radius 3 is 2.43 bits per heavy atom. The Hall–Kier alpha value is -3.44. The van der Waals surface area contributed by atoms with Gasteiger partial charge in [-0.2, -0.15) is 0 Å². The molecule has 0 spiro atoms. The first kappa shape index (κ1) is 34.9. The van der Waals surface area contributed by atoms with Crippen LogP contribution in [0.5, 0.6) is 0 Å². The van der Waals surface area contributed by atoms with Gasteiger partial charge in [-0.25, -0.2) is 4.98 Å². The maximum Gasteiger partial charge on any atom is 0.216 e. The predicted octanol–water partition coefficient (Wildman–Crippen LogP) is 10.2. The largest absolute Gasteiger partial charge is 0.486 e. The zero-order valence-electron chi connectivity index (χ0n) is 28.5. The third-order valence-electron chi connectivity index (χ3n) is 8.93. The van der Waals surface area contributed by atoms with Crippen LogP contribution in [0.25, 0.3) is 44.6 Å². The normalized spacial score (nSPS) is 13.5. The molecular weight excluding hydrogens is 771 g/mol. The minimum Gasteiger partial charge on any atom is -0.486 e. The first-order chi connectivity index (χ1) is 22.2. The van der Waals surface area contributed by atoms with Crippen molar-refractivity contribution in [2.75, 3.05) is 0 Å². The number of furan rings is 1. The Morgan fingerprint density at radius 2 is 1.70 bits per heavy atom. The molecule has 1 saturated carbocycles. The van der Waals surface area contributed by atoms with Crippen molar-refractivity contribution in [1.82, 2.24) is 15.0 Å². The number of pyridine rings is 3. The Kier molecular flexibility index (Phi) is 11.3. The van der Waals surface area contributed by atoms with E-state index in [0.717, 1.165) is 56.9 Å². The van der Waals surface area contributed by atoms with E-state index < -0.39 is 8.07 Å². The summed E-state index contributed by atoms with van der Waals surface area (Å²) in [6, 6.07) is 29.4. The summed E-state index contributed by atoms with van der Waals surface area (Å²) >= 11 is 0. The first-order valence-corrected chi connectivity index (χ1v) is 20.3. The van der Waals surface area contributed by atoms with E-state index >= 15 is 0 Å². The van der Waals surface area contributed by atoms with Crippen molar-refractivity contribution in [3.8, 4) is 22.5 Å². The number of benzene rings is 2. The summed E-state index contributed by atoms with van der Waals surface area (Å²) in [5, 5.41) is 3.63. The summed E-state index contributed by atoms with van der Waals surface area (Å²) in [6.07, 6.45) is 11.9. The average Bonchev–Trinajstić information content (AvgIpc) is 3.68. The summed E-state index contributed by atoms with van der Waals surface area (Å²) < 4.78 is 6.06. The van der Waals surface area contributed by atoms with Gasteiger partial charge in [-0.1, -0.05) is 93.4 Å². The quantitative estimate of drug-likeness (QED) is 0.119. The van der Waals surface area contributed by atoms with Crippen molar-refractivity contribution >= 4 is 35.3 Å². The number of hydrogen-bond acceptors (Lipinski definition) is 4. The van der Waals surface area contributed by atoms with Gasteiger partial charge in [0.2, 0.25) is 5.71 Å². The van der Waals surface area contributed by atoms with Gasteiger partial charge in [0.1, 0.15) is 0 Å². The maximum absolute atomic E-state index is 6.06. The molecular formula is C41H45IrN3OSi-2. The average molecular weight is 816 g/mol. The molecule has 245 valence electrons. The van der Waals surface area contributed by atoms with Crippen LogP contribution in [0.1, 0.15) is 56.4 Å². The zero-order valence-corrected chi connectivity index (χ0v) is 31.9. The molecule has 4 heterocycles. The van der Waals surface area contributed by atoms with Gasteiger partial charge in [0.15, 0.2) is 0 Å². The second-order valence-corrected chi connectivity index (χ2v) is 19.3. The molecule has 1 aliphatic rings. The van der Waals surface area contributed by atoms with Crippen LogP contribution < -0.4 is 5.19 Å². The van der Waals surface area contributed by atoms with E-state index in [1.54, 1.807) is 10.8 Å². The fourth-order valence-corrected chi connectivity index (χ4v) is 8.27. The monoisotopic (exact) mass is 816 g/mol. The van der Waals surface area contributed by atoms with Crippen LogP contribution in [0.2, 0.25) is 19.6 Å². The third-order valence-corrected chi connectivity index (χ3v) is 11.0. The van der Waals surface area contributed by atoms with Crippen LogP contribution in [-0.2, 0) is 32.9 Å². The van der Waals surface area contributed by atoms with Crippen LogP contribution in [0.3, 0.4) is 0 Å². The molecule has 2 aromatic carbocycles. The van der Waals surface area contributed by atoms with Gasteiger partial charge < -0.3 is 14.4 Å². The molecule has 4 aromatic heterocycles. The van der Waals surface area contributed by atoms with Gasteiger partial charge >= 0.3 is 0 Å². The van der Waals surface area contributed by atoms with E-state index in [1.165, 1.54) is 37.7 Å². The van der Waals surface area contributed by atoms with Crippen molar-refractivity contribution in [3.63, 3.8) is 0 Å². The number of aromatic nitrogens is 3. The Bertz CT molecular complexity index is 1940. The molecule has 0 atom stereocenters. The Balaban J connectivity index is 0.000000181. The van der Waals surface area contributed by atoms with Crippen LogP contribution in [-0.4, -0.2) is 23.0 Å². The van der Waals surface area contributed by atoms with Crippen LogP contribution >= 0.6 is 0 Å². The Labute approximate surface area is 294 Å². The van der Waals surface area contributed by atoms with E-state index in [2.05, 4.69) is 98.2 Å². The molecule has 0 unspecified atom stereocenters. The Morgan fingerprint density at radius 1 is 0.894 bits per heavy atom. The molecule has 0 aliphatic heterocycles. The molecule has 7 rings (SSSR count). The topological polar surface area (TPSA) is 51.8 Å². The molecule has 0 amide bonds. The summed E-state index contributed by atoms with van der Waals surface area (Å²) in [5.74, 6) is 1.49. The maximum atomic E-state index is 6.06. The molecule has 6 heteroatoms. The van der Waals surface area contributed by atoms with Crippen LogP contribution in [0.15, 0.2) is 83.5 Å². The second kappa shape index (κ2) is 15.2. The van der Waals surface area contributed by atoms with Gasteiger partial charge in [-0.05, 0) is 66.4 Å². The molecule has 0 bridgehead atoms. The van der Waals surface area contributed by atoms with Crippen molar-refractivity contribution in [3.05, 3.63) is 108 Å². The first-order valence-electron chi connectivity index (χ1n) is 16.8. The molecule has 6 aromatic rings. The van der Waals surface area contributed by atoms with E-state index in [1.807, 2.05) is 43.5 Å². The second-order valence-electron chi connectivity index (χ2n) is 14.3. The van der Waals surface area contributed by atoms with E-state index in [9.17, 15) is 0 Å². The number of hydrogen-bond donors (Lipinski definition) is 0. The van der Waals surface area contributed by atoms with E-state index in [0.29, 0.717) is 11.6 Å². The van der Waals surface area contributed by atoms with E-state index in [-0.39, 0.29) is 20.1 Å². The van der Waals surface area contributed by atoms with Gasteiger partial charge in [0, 0.05) is 43.6 Å². The van der Waals surface area contributed by atoms with Crippen molar-refractivity contribution in [1.29, 1.82) is 0 Å². The van der Waals surface area contributed by atoms with Gasteiger partial charge in [0.05, 0.1) is 13.7 Å². The minimum absolute atomic E-state index is 0. The predicted molar refractivity (Wildman–Crippen MR) is 194 cm³/mol. The number of fused-ring (bicyclic) bond motifs is 3. The van der Waals surface area contributed by atoms with Crippen molar-refractivity contribution in [2.24, 2.45) is 11.8 Å². The van der Waals surface area contributed by atoms with Gasteiger partial charge in [-0.15, -0.1) is 54.1 Å².